The van der Waals surface area contributed by atoms with E-state index in [0.717, 1.165) is 38.5 Å². The SMILES string of the molecule is CCn1cc(C(=O)O)c(=O)c2ccc(N3CCN(Cc4ccccc4)CC3)nc21. The molecule has 3 aromatic rings. The van der Waals surface area contributed by atoms with Gasteiger partial charge in [-0.1, -0.05) is 30.3 Å². The fraction of sp³-hybridized carbons (Fsp3) is 0.318. The third-order valence-electron chi connectivity index (χ3n) is 5.42. The molecule has 0 spiro atoms. The van der Waals surface area contributed by atoms with E-state index < -0.39 is 11.4 Å². The largest absolute Gasteiger partial charge is 0.477 e. The Morgan fingerprint density at radius 3 is 2.45 bits per heavy atom. The summed E-state index contributed by atoms with van der Waals surface area (Å²) in [5, 5.41) is 9.63. The van der Waals surface area contributed by atoms with Crippen molar-refractivity contribution < 1.29 is 9.90 Å². The molecule has 7 nitrogen and oxygen atoms in total. The van der Waals surface area contributed by atoms with Crippen molar-refractivity contribution in [3.05, 3.63) is 70.0 Å². The second kappa shape index (κ2) is 8.05. The van der Waals surface area contributed by atoms with Gasteiger partial charge in [-0.3, -0.25) is 9.69 Å². The van der Waals surface area contributed by atoms with E-state index in [1.54, 1.807) is 10.6 Å². The normalized spacial score (nSPS) is 15.0. The van der Waals surface area contributed by atoms with E-state index in [1.807, 2.05) is 19.1 Å². The topological polar surface area (TPSA) is 78.7 Å². The van der Waals surface area contributed by atoms with Gasteiger partial charge in [-0.25, -0.2) is 9.78 Å². The molecule has 1 saturated heterocycles. The molecule has 3 heterocycles. The van der Waals surface area contributed by atoms with Crippen LogP contribution in [0.3, 0.4) is 0 Å². The van der Waals surface area contributed by atoms with Gasteiger partial charge in [0.15, 0.2) is 0 Å². The van der Waals surface area contributed by atoms with Crippen molar-refractivity contribution in [2.45, 2.75) is 20.0 Å². The number of carboxylic acids is 1. The van der Waals surface area contributed by atoms with Crippen LogP contribution in [0, 0.1) is 0 Å². The van der Waals surface area contributed by atoms with Crippen LogP contribution in [0.5, 0.6) is 0 Å². The Balaban J connectivity index is 1.55. The summed E-state index contributed by atoms with van der Waals surface area (Å²) in [6.45, 7) is 6.97. The molecule has 0 bridgehead atoms. The maximum absolute atomic E-state index is 12.5. The van der Waals surface area contributed by atoms with Crippen LogP contribution in [0.1, 0.15) is 22.8 Å². The highest BCUT2D eigenvalue weighted by molar-refractivity contribution is 5.92. The number of fused-ring (bicyclic) bond motifs is 1. The molecule has 0 amide bonds. The molecule has 4 rings (SSSR count). The van der Waals surface area contributed by atoms with Crippen molar-refractivity contribution in [3.8, 4) is 0 Å². The number of aryl methyl sites for hydroxylation is 1. The molecule has 0 unspecified atom stereocenters. The molecule has 0 atom stereocenters. The third kappa shape index (κ3) is 3.86. The number of nitrogens with zero attached hydrogens (tertiary/aromatic N) is 4. The molecular formula is C22H24N4O3. The average molecular weight is 392 g/mol. The summed E-state index contributed by atoms with van der Waals surface area (Å²) in [6.07, 6.45) is 1.39. The Labute approximate surface area is 168 Å². The van der Waals surface area contributed by atoms with E-state index in [-0.39, 0.29) is 5.56 Å². The minimum atomic E-state index is -1.21. The van der Waals surface area contributed by atoms with E-state index in [4.69, 9.17) is 4.98 Å². The number of carboxylic acid groups (broad SMARTS) is 1. The number of carbonyl (C=O) groups is 1. The molecule has 0 aliphatic carbocycles. The Bertz CT molecular complexity index is 1090. The van der Waals surface area contributed by atoms with E-state index in [0.29, 0.717) is 17.6 Å². The number of benzene rings is 1. The van der Waals surface area contributed by atoms with Gasteiger partial charge >= 0.3 is 5.97 Å². The van der Waals surface area contributed by atoms with Crippen LogP contribution in [0.2, 0.25) is 0 Å². The molecule has 7 heteroatoms. The van der Waals surface area contributed by atoms with Gasteiger partial charge in [-0.05, 0) is 24.6 Å². The van der Waals surface area contributed by atoms with Crippen molar-refractivity contribution >= 4 is 22.8 Å². The molecule has 1 aliphatic rings. The fourth-order valence-corrected chi connectivity index (χ4v) is 3.80. The summed E-state index contributed by atoms with van der Waals surface area (Å²) in [4.78, 5) is 33.2. The number of rotatable bonds is 5. The highest BCUT2D eigenvalue weighted by Gasteiger charge is 2.20. The molecule has 1 N–H and O–H groups in total. The van der Waals surface area contributed by atoms with Gasteiger partial charge in [0.25, 0.3) is 0 Å². The lowest BCUT2D eigenvalue weighted by atomic mass is 10.2. The highest BCUT2D eigenvalue weighted by Crippen LogP contribution is 2.19. The van der Waals surface area contributed by atoms with Gasteiger partial charge in [-0.2, -0.15) is 0 Å². The molecule has 2 aromatic heterocycles. The van der Waals surface area contributed by atoms with Gasteiger partial charge in [0, 0.05) is 45.5 Å². The van der Waals surface area contributed by atoms with Crippen molar-refractivity contribution in [2.24, 2.45) is 0 Å². The molecule has 29 heavy (non-hydrogen) atoms. The third-order valence-corrected chi connectivity index (χ3v) is 5.42. The molecule has 0 radical (unpaired) electrons. The van der Waals surface area contributed by atoms with Crippen LogP contribution in [0.15, 0.2) is 53.5 Å². The zero-order chi connectivity index (χ0) is 20.4. The van der Waals surface area contributed by atoms with Gasteiger partial charge < -0.3 is 14.6 Å². The molecule has 1 fully saturated rings. The lowest BCUT2D eigenvalue weighted by Gasteiger charge is -2.35. The smallest absolute Gasteiger partial charge is 0.341 e. The van der Waals surface area contributed by atoms with Crippen LogP contribution in [0.4, 0.5) is 5.82 Å². The number of anilines is 1. The molecular weight excluding hydrogens is 368 g/mol. The van der Waals surface area contributed by atoms with Crippen molar-refractivity contribution in [3.63, 3.8) is 0 Å². The Morgan fingerprint density at radius 2 is 1.79 bits per heavy atom. The minimum absolute atomic E-state index is 0.219. The lowest BCUT2D eigenvalue weighted by molar-refractivity contribution is 0.0695. The number of piperazine rings is 1. The van der Waals surface area contributed by atoms with Gasteiger partial charge in [-0.15, -0.1) is 0 Å². The maximum atomic E-state index is 12.5. The highest BCUT2D eigenvalue weighted by atomic mass is 16.4. The first-order valence-corrected chi connectivity index (χ1v) is 9.85. The maximum Gasteiger partial charge on any atom is 0.341 e. The number of hydrogen-bond acceptors (Lipinski definition) is 5. The van der Waals surface area contributed by atoms with Crippen molar-refractivity contribution in [1.82, 2.24) is 14.5 Å². The number of aromatic carboxylic acids is 1. The second-order valence-electron chi connectivity index (χ2n) is 7.25. The number of hydrogen-bond donors (Lipinski definition) is 1. The first kappa shape index (κ1) is 19.1. The van der Waals surface area contributed by atoms with E-state index in [9.17, 15) is 14.7 Å². The average Bonchev–Trinajstić information content (AvgIpc) is 2.75. The minimum Gasteiger partial charge on any atom is -0.477 e. The summed E-state index contributed by atoms with van der Waals surface area (Å²) >= 11 is 0. The summed E-state index contributed by atoms with van der Waals surface area (Å²) in [6, 6.07) is 14.0. The molecule has 1 aromatic carbocycles. The van der Waals surface area contributed by atoms with Crippen LogP contribution >= 0.6 is 0 Å². The first-order chi connectivity index (χ1) is 14.1. The van der Waals surface area contributed by atoms with Gasteiger partial charge in [0.2, 0.25) is 5.43 Å². The van der Waals surface area contributed by atoms with Crippen LogP contribution < -0.4 is 10.3 Å². The summed E-state index contributed by atoms with van der Waals surface area (Å²) in [5.74, 6) is -0.390. The van der Waals surface area contributed by atoms with Crippen molar-refractivity contribution in [1.29, 1.82) is 0 Å². The Kier molecular flexibility index (Phi) is 5.31. The summed E-state index contributed by atoms with van der Waals surface area (Å²) < 4.78 is 1.73. The van der Waals surface area contributed by atoms with Gasteiger partial charge in [0.05, 0.1) is 5.39 Å². The molecule has 150 valence electrons. The lowest BCUT2D eigenvalue weighted by Crippen LogP contribution is -2.46. The van der Waals surface area contributed by atoms with Gasteiger partial charge in [0.1, 0.15) is 17.0 Å². The summed E-state index contributed by atoms with van der Waals surface area (Å²) in [5.41, 5.74) is 1.14. The zero-order valence-corrected chi connectivity index (χ0v) is 16.4. The Hall–Kier alpha value is -3.19. The fourth-order valence-electron chi connectivity index (χ4n) is 3.80. The van der Waals surface area contributed by atoms with Crippen LogP contribution in [-0.2, 0) is 13.1 Å². The zero-order valence-electron chi connectivity index (χ0n) is 16.4. The predicted octanol–water partition coefficient (Wildman–Crippen LogP) is 2.44. The Morgan fingerprint density at radius 1 is 1.07 bits per heavy atom. The standard InChI is InChI=1S/C22H24N4O3/c1-2-25-15-18(22(28)29)20(27)17-8-9-19(23-21(17)25)26-12-10-24(11-13-26)14-16-6-4-3-5-7-16/h3-9,15H,2,10-14H2,1H3,(H,28,29). The monoisotopic (exact) mass is 392 g/mol. The first-order valence-electron chi connectivity index (χ1n) is 9.85. The number of pyridine rings is 2. The predicted molar refractivity (Wildman–Crippen MR) is 113 cm³/mol. The molecule has 0 saturated carbocycles. The quantitative estimate of drug-likeness (QED) is 0.719. The van der Waals surface area contributed by atoms with E-state index >= 15 is 0 Å². The van der Waals surface area contributed by atoms with Crippen LogP contribution in [-0.4, -0.2) is 51.7 Å². The summed E-state index contributed by atoms with van der Waals surface area (Å²) in [7, 11) is 0. The number of aromatic nitrogens is 2. The molecule has 1 aliphatic heterocycles. The van der Waals surface area contributed by atoms with Crippen LogP contribution in [0.25, 0.3) is 11.0 Å². The van der Waals surface area contributed by atoms with Crippen molar-refractivity contribution in [2.75, 3.05) is 31.1 Å². The van der Waals surface area contributed by atoms with E-state index in [1.165, 1.54) is 11.8 Å². The second-order valence-corrected chi connectivity index (χ2v) is 7.25. The van der Waals surface area contributed by atoms with E-state index in [2.05, 4.69) is 34.1 Å².